The van der Waals surface area contributed by atoms with Crippen molar-refractivity contribution in [3.05, 3.63) is 94.8 Å². The first kappa shape index (κ1) is 23.4. The van der Waals surface area contributed by atoms with E-state index in [9.17, 15) is 14.0 Å². The van der Waals surface area contributed by atoms with Crippen molar-refractivity contribution in [1.29, 1.82) is 0 Å². The quantitative estimate of drug-likeness (QED) is 0.355. The molecule has 1 fully saturated rings. The number of ether oxygens (including phenoxy) is 1. The SMILES string of the molecule is C/C=C(\C=C(/N)NC(=O)c1ccc(OC)c(F)c1)c1[nH]c2c(c1Nc1ccccc1)C(=O)C1CC1C2. The van der Waals surface area contributed by atoms with E-state index >= 15 is 0 Å². The number of Topliss-reactive ketones (excluding diaryl/α,β-unsaturated/α-hetero) is 1. The van der Waals surface area contributed by atoms with Gasteiger partial charge in [0.2, 0.25) is 0 Å². The summed E-state index contributed by atoms with van der Waals surface area (Å²) in [6.45, 7) is 1.85. The first-order valence-corrected chi connectivity index (χ1v) is 11.8. The van der Waals surface area contributed by atoms with Gasteiger partial charge >= 0.3 is 0 Å². The molecule has 0 radical (unpaired) electrons. The predicted molar refractivity (Wildman–Crippen MR) is 136 cm³/mol. The van der Waals surface area contributed by atoms with Gasteiger partial charge in [0.05, 0.1) is 24.1 Å². The molecule has 184 valence electrons. The van der Waals surface area contributed by atoms with Crippen molar-refractivity contribution in [3.63, 3.8) is 0 Å². The van der Waals surface area contributed by atoms with Crippen LogP contribution in [-0.2, 0) is 6.42 Å². The Hall–Kier alpha value is -4.33. The smallest absolute Gasteiger partial charge is 0.256 e. The number of amides is 1. The number of allylic oxidation sites excluding steroid dienone is 3. The summed E-state index contributed by atoms with van der Waals surface area (Å²) >= 11 is 0. The van der Waals surface area contributed by atoms with Gasteiger partial charge in [0.1, 0.15) is 5.82 Å². The number of carbonyl (C=O) groups excluding carboxylic acids is 2. The normalized spacial score (nSPS) is 18.8. The average Bonchev–Trinajstić information content (AvgIpc) is 3.57. The molecule has 7 nitrogen and oxygen atoms in total. The number of rotatable bonds is 7. The summed E-state index contributed by atoms with van der Waals surface area (Å²) in [6.07, 6.45) is 5.23. The Morgan fingerprint density at radius 3 is 2.69 bits per heavy atom. The van der Waals surface area contributed by atoms with Crippen LogP contribution in [0.3, 0.4) is 0 Å². The fourth-order valence-corrected chi connectivity index (χ4v) is 4.74. The van der Waals surface area contributed by atoms with E-state index in [4.69, 9.17) is 10.5 Å². The average molecular weight is 487 g/mol. The zero-order chi connectivity index (χ0) is 25.4. The highest BCUT2D eigenvalue weighted by Gasteiger charge is 2.49. The Morgan fingerprint density at radius 1 is 1.22 bits per heavy atom. The van der Waals surface area contributed by atoms with Crippen LogP contribution in [0.1, 0.15) is 45.4 Å². The minimum absolute atomic E-state index is 0.0487. The lowest BCUT2D eigenvalue weighted by atomic mass is 9.94. The zero-order valence-corrected chi connectivity index (χ0v) is 20.0. The monoisotopic (exact) mass is 486 g/mol. The molecule has 3 aromatic rings. The van der Waals surface area contributed by atoms with E-state index in [0.717, 1.165) is 30.3 Å². The van der Waals surface area contributed by atoms with E-state index in [1.165, 1.54) is 19.2 Å². The molecule has 0 spiro atoms. The molecule has 0 aliphatic heterocycles. The molecule has 2 aliphatic rings. The number of halogens is 1. The molecule has 0 saturated heterocycles. The molecular weight excluding hydrogens is 459 g/mol. The van der Waals surface area contributed by atoms with Gasteiger partial charge in [-0.25, -0.2) is 4.39 Å². The Morgan fingerprint density at radius 2 is 2.00 bits per heavy atom. The van der Waals surface area contributed by atoms with Gasteiger partial charge in [-0.2, -0.15) is 0 Å². The molecule has 0 bridgehead atoms. The molecule has 36 heavy (non-hydrogen) atoms. The maximum Gasteiger partial charge on any atom is 0.256 e. The van der Waals surface area contributed by atoms with Crippen LogP contribution in [0.5, 0.6) is 5.75 Å². The predicted octanol–water partition coefficient (Wildman–Crippen LogP) is 4.91. The molecule has 2 aromatic carbocycles. The van der Waals surface area contributed by atoms with Gasteiger partial charge in [-0.3, -0.25) is 9.59 Å². The van der Waals surface area contributed by atoms with Crippen LogP contribution in [0.4, 0.5) is 15.8 Å². The Bertz CT molecular complexity index is 1410. The number of ketones is 1. The fraction of sp³-hybridized carbons (Fsp3) is 0.214. The third kappa shape index (κ3) is 4.37. The number of anilines is 2. The first-order chi connectivity index (χ1) is 17.4. The Kier molecular flexibility index (Phi) is 6.10. The van der Waals surface area contributed by atoms with Crippen LogP contribution in [0, 0.1) is 17.7 Å². The van der Waals surface area contributed by atoms with Gasteiger partial charge < -0.3 is 26.1 Å². The number of hydrogen-bond acceptors (Lipinski definition) is 5. The zero-order valence-electron chi connectivity index (χ0n) is 20.0. The van der Waals surface area contributed by atoms with Crippen molar-refractivity contribution in [2.24, 2.45) is 17.6 Å². The van der Waals surface area contributed by atoms with Crippen molar-refractivity contribution in [2.75, 3.05) is 12.4 Å². The van der Waals surface area contributed by atoms with Crippen LogP contribution < -0.4 is 21.1 Å². The van der Waals surface area contributed by atoms with Gasteiger partial charge in [-0.15, -0.1) is 0 Å². The molecule has 1 heterocycles. The van der Waals surface area contributed by atoms with Crippen molar-refractivity contribution < 1.29 is 18.7 Å². The highest BCUT2D eigenvalue weighted by Crippen LogP contribution is 2.51. The lowest BCUT2D eigenvalue weighted by Gasteiger charge is -2.14. The third-order valence-electron chi connectivity index (χ3n) is 6.68. The van der Waals surface area contributed by atoms with Crippen LogP contribution in [0.2, 0.25) is 0 Å². The summed E-state index contributed by atoms with van der Waals surface area (Å²) in [6, 6.07) is 13.6. The summed E-state index contributed by atoms with van der Waals surface area (Å²) < 4.78 is 18.9. The van der Waals surface area contributed by atoms with Gasteiger partial charge in [0, 0.05) is 22.9 Å². The van der Waals surface area contributed by atoms with Gasteiger partial charge in [0.15, 0.2) is 17.3 Å². The number of methoxy groups -OCH3 is 1. The number of aromatic nitrogens is 1. The maximum absolute atomic E-state index is 14.0. The van der Waals surface area contributed by atoms with Crippen LogP contribution in [0.15, 0.2) is 66.5 Å². The fourth-order valence-electron chi connectivity index (χ4n) is 4.74. The Balaban J connectivity index is 1.45. The van der Waals surface area contributed by atoms with E-state index in [1.807, 2.05) is 43.3 Å². The Labute approximate surface area is 208 Å². The van der Waals surface area contributed by atoms with Gasteiger partial charge in [-0.05, 0) is 67.7 Å². The van der Waals surface area contributed by atoms with Crippen LogP contribution in [0.25, 0.3) is 5.57 Å². The van der Waals surface area contributed by atoms with Crippen LogP contribution >= 0.6 is 0 Å². The topological polar surface area (TPSA) is 109 Å². The van der Waals surface area contributed by atoms with E-state index in [0.29, 0.717) is 28.4 Å². The summed E-state index contributed by atoms with van der Waals surface area (Å²) in [4.78, 5) is 29.3. The van der Waals surface area contributed by atoms with Gasteiger partial charge in [0.25, 0.3) is 5.91 Å². The highest BCUT2D eigenvalue weighted by atomic mass is 19.1. The van der Waals surface area contributed by atoms with E-state index in [1.54, 1.807) is 6.08 Å². The van der Waals surface area contributed by atoms with Gasteiger partial charge in [-0.1, -0.05) is 24.3 Å². The van der Waals surface area contributed by atoms with E-state index in [2.05, 4.69) is 15.6 Å². The number of carbonyl (C=O) groups is 2. The summed E-state index contributed by atoms with van der Waals surface area (Å²) in [5.41, 5.74) is 10.9. The minimum Gasteiger partial charge on any atom is -0.494 e. The van der Waals surface area contributed by atoms with Crippen molar-refractivity contribution in [3.8, 4) is 5.75 Å². The summed E-state index contributed by atoms with van der Waals surface area (Å²) in [5, 5.41) is 6.02. The molecule has 5 rings (SSSR count). The lowest BCUT2D eigenvalue weighted by molar-refractivity contribution is 0.0950. The number of hydrogen-bond donors (Lipinski definition) is 4. The van der Waals surface area contributed by atoms with Crippen molar-refractivity contribution >= 4 is 28.6 Å². The number of H-pyrrole nitrogens is 1. The molecule has 2 aliphatic carbocycles. The number of nitrogens with one attached hydrogen (secondary N) is 3. The molecule has 2 atom stereocenters. The minimum atomic E-state index is -0.641. The van der Waals surface area contributed by atoms with Crippen LogP contribution in [-0.4, -0.2) is 23.8 Å². The van der Waals surface area contributed by atoms with Crippen molar-refractivity contribution in [1.82, 2.24) is 10.3 Å². The molecule has 5 N–H and O–H groups in total. The molecule has 1 amide bonds. The molecule has 1 saturated carbocycles. The summed E-state index contributed by atoms with van der Waals surface area (Å²) in [5.74, 6) is -0.410. The molecule has 8 heteroatoms. The number of fused-ring (bicyclic) bond motifs is 2. The molecular formula is C28H27FN4O3. The largest absolute Gasteiger partial charge is 0.494 e. The maximum atomic E-state index is 14.0. The second kappa shape index (κ2) is 9.37. The second-order valence-corrected chi connectivity index (χ2v) is 9.04. The van der Waals surface area contributed by atoms with E-state index in [-0.39, 0.29) is 28.8 Å². The lowest BCUT2D eigenvalue weighted by Crippen LogP contribution is -2.27. The number of para-hydroxylation sites is 1. The van der Waals surface area contributed by atoms with Crippen molar-refractivity contribution in [2.45, 2.75) is 19.8 Å². The number of aromatic amines is 1. The second-order valence-electron chi connectivity index (χ2n) is 9.04. The standard InChI is InChI=1S/C28H27FN4O3/c1-3-15(14-23(30)33-28(35)16-9-10-22(36-2)20(29)12-16)25-26(31-18-7-5-4-6-8-18)24-21(32-25)13-17-11-19(17)27(24)34/h3-10,12,14,17,19,31-32H,11,13,30H2,1-2H3,(H,33,35)/b15-3+,23-14+. The highest BCUT2D eigenvalue weighted by molar-refractivity contribution is 6.09. The number of benzene rings is 2. The summed E-state index contributed by atoms with van der Waals surface area (Å²) in [7, 11) is 1.35. The molecule has 2 unspecified atom stereocenters. The third-order valence-corrected chi connectivity index (χ3v) is 6.68. The number of nitrogens with two attached hydrogens (primary N) is 1. The first-order valence-electron chi connectivity index (χ1n) is 11.8. The molecule has 1 aromatic heterocycles. The van der Waals surface area contributed by atoms with E-state index < -0.39 is 11.7 Å².